The summed E-state index contributed by atoms with van der Waals surface area (Å²) in [6.45, 7) is 1.84. The lowest BCUT2D eigenvalue weighted by Gasteiger charge is -2.29. The van der Waals surface area contributed by atoms with Crippen LogP contribution >= 0.6 is 0 Å². The highest BCUT2D eigenvalue weighted by molar-refractivity contribution is 5.48. The van der Waals surface area contributed by atoms with Crippen molar-refractivity contribution in [2.24, 2.45) is 0 Å². The van der Waals surface area contributed by atoms with E-state index in [1.54, 1.807) is 0 Å². The second kappa shape index (κ2) is 5.39. The summed E-state index contributed by atoms with van der Waals surface area (Å²) in [7, 11) is 1.92. The third-order valence-corrected chi connectivity index (χ3v) is 4.23. The van der Waals surface area contributed by atoms with Gasteiger partial charge in [-0.25, -0.2) is 0 Å². The van der Waals surface area contributed by atoms with Gasteiger partial charge in [-0.05, 0) is 24.7 Å². The maximum atomic E-state index is 6.40. The molecule has 4 nitrogen and oxygen atoms in total. The highest BCUT2D eigenvalue weighted by Crippen LogP contribution is 2.47. The van der Waals surface area contributed by atoms with E-state index >= 15 is 0 Å². The van der Waals surface area contributed by atoms with Gasteiger partial charge in [-0.15, -0.1) is 0 Å². The van der Waals surface area contributed by atoms with Crippen LogP contribution in [0.4, 0.5) is 0 Å². The number of ether oxygens (including phenoxy) is 3. The molecule has 2 aliphatic heterocycles. The second-order valence-electron chi connectivity index (χ2n) is 5.67. The molecule has 2 aromatic carbocycles. The Bertz CT molecular complexity index is 638. The van der Waals surface area contributed by atoms with E-state index in [4.69, 9.17) is 14.2 Å². The minimum atomic E-state index is -0.870. The van der Waals surface area contributed by atoms with Crippen LogP contribution in [-0.4, -0.2) is 26.3 Å². The lowest BCUT2D eigenvalue weighted by Crippen LogP contribution is -2.32. The summed E-state index contributed by atoms with van der Waals surface area (Å²) < 4.78 is 18.6. The van der Waals surface area contributed by atoms with Gasteiger partial charge in [-0.2, -0.15) is 0 Å². The van der Waals surface area contributed by atoms with Gasteiger partial charge in [0.1, 0.15) is 12.4 Å². The third-order valence-electron chi connectivity index (χ3n) is 4.23. The fourth-order valence-electron chi connectivity index (χ4n) is 3.26. The predicted molar refractivity (Wildman–Crippen MR) is 82.7 cm³/mol. The van der Waals surface area contributed by atoms with Crippen LogP contribution < -0.4 is 10.1 Å². The van der Waals surface area contributed by atoms with Gasteiger partial charge >= 0.3 is 0 Å². The zero-order valence-corrected chi connectivity index (χ0v) is 12.5. The molecule has 0 amide bonds. The first kappa shape index (κ1) is 13.8. The largest absolute Gasteiger partial charge is 0.488 e. The standard InChI is InChI=1S/C18H19NO3/c1-19-10-14-12-21-18(22-14)15-7-3-2-6-13(15)11-20-17-9-5-4-8-16(17)18/h2-9,14,19H,10-12H2,1H3. The summed E-state index contributed by atoms with van der Waals surface area (Å²) in [4.78, 5) is 0. The average Bonchev–Trinajstić information content (AvgIpc) is 2.93. The summed E-state index contributed by atoms with van der Waals surface area (Å²) in [5.74, 6) is -0.0469. The number of hydrogen-bond acceptors (Lipinski definition) is 4. The van der Waals surface area contributed by atoms with Gasteiger partial charge in [0.2, 0.25) is 5.79 Å². The molecule has 2 aliphatic rings. The van der Waals surface area contributed by atoms with E-state index in [1.807, 2.05) is 43.4 Å². The molecule has 0 radical (unpaired) electrons. The average molecular weight is 297 g/mol. The quantitative estimate of drug-likeness (QED) is 0.924. The maximum absolute atomic E-state index is 6.40. The van der Waals surface area contributed by atoms with Gasteiger partial charge in [-0.3, -0.25) is 0 Å². The first-order valence-electron chi connectivity index (χ1n) is 7.60. The molecule has 2 heterocycles. The Morgan fingerprint density at radius 2 is 1.86 bits per heavy atom. The Morgan fingerprint density at radius 3 is 2.73 bits per heavy atom. The van der Waals surface area contributed by atoms with E-state index in [0.717, 1.165) is 29.0 Å². The molecule has 1 N–H and O–H groups in total. The summed E-state index contributed by atoms with van der Waals surface area (Å²) in [5.41, 5.74) is 3.08. The summed E-state index contributed by atoms with van der Waals surface area (Å²) >= 11 is 0. The molecular weight excluding hydrogens is 278 g/mol. The molecule has 114 valence electrons. The Balaban J connectivity index is 1.89. The number of para-hydroxylation sites is 1. The number of rotatable bonds is 2. The summed E-state index contributed by atoms with van der Waals surface area (Å²) in [6, 6.07) is 16.2. The minimum absolute atomic E-state index is 0.0178. The molecule has 1 fully saturated rings. The van der Waals surface area contributed by atoms with E-state index in [-0.39, 0.29) is 6.10 Å². The van der Waals surface area contributed by atoms with E-state index in [0.29, 0.717) is 13.2 Å². The van der Waals surface area contributed by atoms with Crippen molar-refractivity contribution in [1.29, 1.82) is 0 Å². The van der Waals surface area contributed by atoms with Gasteiger partial charge in [-0.1, -0.05) is 36.4 Å². The smallest absolute Gasteiger partial charge is 0.226 e. The van der Waals surface area contributed by atoms with E-state index in [1.165, 1.54) is 0 Å². The molecule has 4 rings (SSSR count). The topological polar surface area (TPSA) is 39.7 Å². The van der Waals surface area contributed by atoms with Crippen LogP contribution in [0.5, 0.6) is 5.75 Å². The minimum Gasteiger partial charge on any atom is -0.488 e. The number of benzene rings is 2. The van der Waals surface area contributed by atoms with Gasteiger partial charge in [0, 0.05) is 12.1 Å². The second-order valence-corrected chi connectivity index (χ2v) is 5.67. The van der Waals surface area contributed by atoms with Gasteiger partial charge < -0.3 is 19.5 Å². The first-order valence-corrected chi connectivity index (χ1v) is 7.60. The SMILES string of the molecule is CNCC1COC2(O1)c1ccccc1COc1ccccc12. The molecule has 2 aromatic rings. The van der Waals surface area contributed by atoms with E-state index in [9.17, 15) is 0 Å². The Hall–Kier alpha value is -1.88. The fraction of sp³-hybridized carbons (Fsp3) is 0.333. The maximum Gasteiger partial charge on any atom is 0.226 e. The Morgan fingerprint density at radius 1 is 1.09 bits per heavy atom. The number of hydrogen-bond donors (Lipinski definition) is 1. The highest BCUT2D eigenvalue weighted by atomic mass is 16.7. The van der Waals surface area contributed by atoms with Crippen LogP contribution in [0.3, 0.4) is 0 Å². The lowest BCUT2D eigenvalue weighted by molar-refractivity contribution is -0.142. The van der Waals surface area contributed by atoms with Gasteiger partial charge in [0.15, 0.2) is 0 Å². The van der Waals surface area contributed by atoms with E-state index < -0.39 is 5.79 Å². The summed E-state index contributed by atoms with van der Waals surface area (Å²) in [6.07, 6.45) is 0.0178. The molecule has 1 spiro atoms. The van der Waals surface area contributed by atoms with Crippen molar-refractivity contribution in [3.63, 3.8) is 0 Å². The number of nitrogens with one attached hydrogen (secondary N) is 1. The van der Waals surface area contributed by atoms with Crippen molar-refractivity contribution in [3.05, 3.63) is 65.2 Å². The van der Waals surface area contributed by atoms with Crippen molar-refractivity contribution >= 4 is 0 Å². The van der Waals surface area contributed by atoms with Crippen molar-refractivity contribution in [2.45, 2.75) is 18.5 Å². The van der Waals surface area contributed by atoms with Crippen molar-refractivity contribution in [1.82, 2.24) is 5.32 Å². The molecule has 2 atom stereocenters. The molecular formula is C18H19NO3. The fourth-order valence-corrected chi connectivity index (χ4v) is 3.26. The number of fused-ring (bicyclic) bond motifs is 4. The molecule has 2 unspecified atom stereocenters. The molecule has 0 saturated carbocycles. The Labute approximate surface area is 130 Å². The van der Waals surface area contributed by atoms with Crippen LogP contribution in [-0.2, 0) is 21.9 Å². The van der Waals surface area contributed by atoms with Crippen LogP contribution in [0.15, 0.2) is 48.5 Å². The molecule has 0 bridgehead atoms. The lowest BCUT2D eigenvalue weighted by atomic mass is 9.93. The molecule has 4 heteroatoms. The van der Waals surface area contributed by atoms with Crippen LogP contribution in [0.25, 0.3) is 0 Å². The zero-order chi connectivity index (χ0) is 15.0. The molecule has 0 aromatic heterocycles. The monoisotopic (exact) mass is 297 g/mol. The number of likely N-dealkylation sites (N-methyl/N-ethyl adjacent to an activating group) is 1. The normalized spacial score (nSPS) is 26.1. The van der Waals surface area contributed by atoms with E-state index in [2.05, 4.69) is 17.4 Å². The Kier molecular flexibility index (Phi) is 3.37. The van der Waals surface area contributed by atoms with Gasteiger partial charge in [0.25, 0.3) is 0 Å². The highest BCUT2D eigenvalue weighted by Gasteiger charge is 2.48. The van der Waals surface area contributed by atoms with Crippen LogP contribution in [0.1, 0.15) is 16.7 Å². The van der Waals surface area contributed by atoms with Crippen LogP contribution in [0.2, 0.25) is 0 Å². The zero-order valence-electron chi connectivity index (χ0n) is 12.5. The van der Waals surface area contributed by atoms with Crippen molar-refractivity contribution in [3.8, 4) is 5.75 Å². The molecule has 0 aliphatic carbocycles. The van der Waals surface area contributed by atoms with Crippen molar-refractivity contribution < 1.29 is 14.2 Å². The van der Waals surface area contributed by atoms with Crippen molar-refractivity contribution in [2.75, 3.05) is 20.2 Å². The van der Waals surface area contributed by atoms with Crippen LogP contribution in [0, 0.1) is 0 Å². The summed E-state index contributed by atoms with van der Waals surface area (Å²) in [5, 5.41) is 3.16. The predicted octanol–water partition coefficient (Wildman–Crippen LogP) is 2.41. The van der Waals surface area contributed by atoms with Gasteiger partial charge in [0.05, 0.1) is 18.3 Å². The first-order chi connectivity index (χ1) is 10.8. The molecule has 1 saturated heterocycles. The third kappa shape index (κ3) is 2.03. The molecule has 22 heavy (non-hydrogen) atoms.